The monoisotopic (exact) mass is 136 g/mol. The summed E-state index contributed by atoms with van der Waals surface area (Å²) in [4.78, 5) is 0. The maximum atomic E-state index is 10.4. The van der Waals surface area contributed by atoms with E-state index in [1.165, 1.54) is 12.8 Å². The molecule has 0 N–H and O–H groups in total. The van der Waals surface area contributed by atoms with Gasteiger partial charge >= 0.3 is 18.9 Å². The molecular formula is C8H17LiO. The predicted octanol–water partition coefficient (Wildman–Crippen LogP) is -1.43. The van der Waals surface area contributed by atoms with Gasteiger partial charge in [-0.15, -0.1) is 6.61 Å². The van der Waals surface area contributed by atoms with E-state index >= 15 is 0 Å². The Balaban J connectivity index is 0. The van der Waals surface area contributed by atoms with Crippen molar-refractivity contribution in [3.8, 4) is 0 Å². The average molecular weight is 136 g/mol. The maximum Gasteiger partial charge on any atom is 1.00 e. The van der Waals surface area contributed by atoms with Crippen LogP contribution >= 0.6 is 0 Å². The van der Waals surface area contributed by atoms with Crippen LogP contribution in [0.15, 0.2) is 0 Å². The zero-order valence-corrected chi connectivity index (χ0v) is 7.52. The molecular weight excluding hydrogens is 119 g/mol. The van der Waals surface area contributed by atoms with E-state index in [2.05, 4.69) is 13.8 Å². The molecule has 56 valence electrons. The van der Waals surface area contributed by atoms with Gasteiger partial charge in [-0.25, -0.2) is 0 Å². The predicted molar refractivity (Wildman–Crippen MR) is 38.2 cm³/mol. The van der Waals surface area contributed by atoms with Crippen molar-refractivity contribution in [1.29, 1.82) is 0 Å². The molecule has 1 unspecified atom stereocenters. The van der Waals surface area contributed by atoms with E-state index < -0.39 is 0 Å². The standard InChI is InChI=1S/C8H17O.Li/c1-3-5-6-8(4-2)7-9;/h8H,3-7H2,1-2H3;/q-1;+1. The zero-order valence-electron chi connectivity index (χ0n) is 7.52. The van der Waals surface area contributed by atoms with Gasteiger partial charge in [-0.05, 0) is 0 Å². The van der Waals surface area contributed by atoms with E-state index in [9.17, 15) is 5.11 Å². The summed E-state index contributed by atoms with van der Waals surface area (Å²) in [5, 5.41) is 10.4. The van der Waals surface area contributed by atoms with E-state index in [1.54, 1.807) is 0 Å². The number of hydrogen-bond acceptors (Lipinski definition) is 1. The van der Waals surface area contributed by atoms with Crippen LogP contribution in [0.2, 0.25) is 0 Å². The summed E-state index contributed by atoms with van der Waals surface area (Å²) in [6.45, 7) is 4.38. The Hall–Kier alpha value is 0.557. The first-order chi connectivity index (χ1) is 4.35. The summed E-state index contributed by atoms with van der Waals surface area (Å²) in [5.74, 6) is 0.449. The van der Waals surface area contributed by atoms with Gasteiger partial charge in [-0.2, -0.15) is 0 Å². The van der Waals surface area contributed by atoms with Crippen LogP contribution in [0.5, 0.6) is 0 Å². The van der Waals surface area contributed by atoms with Gasteiger partial charge in [0.25, 0.3) is 0 Å². The molecule has 0 aliphatic rings. The third-order valence-corrected chi connectivity index (χ3v) is 1.78. The molecule has 0 bridgehead atoms. The molecule has 0 aliphatic heterocycles. The minimum atomic E-state index is 0. The molecule has 1 nitrogen and oxygen atoms in total. The number of unbranched alkanes of at least 4 members (excludes halogenated alkanes) is 1. The normalized spacial score (nSPS) is 12.3. The topological polar surface area (TPSA) is 23.1 Å². The third kappa shape index (κ3) is 6.67. The summed E-state index contributed by atoms with van der Waals surface area (Å²) < 4.78 is 0. The molecule has 0 aromatic heterocycles. The van der Waals surface area contributed by atoms with Gasteiger partial charge in [0.05, 0.1) is 0 Å². The van der Waals surface area contributed by atoms with Crippen LogP contribution in [0.1, 0.15) is 39.5 Å². The van der Waals surface area contributed by atoms with Crippen LogP contribution in [0.4, 0.5) is 0 Å². The first kappa shape index (κ1) is 13.2. The van der Waals surface area contributed by atoms with Crippen molar-refractivity contribution in [1.82, 2.24) is 0 Å². The van der Waals surface area contributed by atoms with E-state index in [0.717, 1.165) is 12.8 Å². The van der Waals surface area contributed by atoms with Gasteiger partial charge < -0.3 is 5.11 Å². The number of hydrogen-bond donors (Lipinski definition) is 0. The van der Waals surface area contributed by atoms with Gasteiger partial charge in [0.15, 0.2) is 0 Å². The van der Waals surface area contributed by atoms with Crippen molar-refractivity contribution < 1.29 is 24.0 Å². The molecule has 0 aliphatic carbocycles. The summed E-state index contributed by atoms with van der Waals surface area (Å²) in [6.07, 6.45) is 4.64. The molecule has 2 heteroatoms. The summed E-state index contributed by atoms with van der Waals surface area (Å²) in [6, 6.07) is 0. The second-order valence-electron chi connectivity index (χ2n) is 2.58. The molecule has 10 heavy (non-hydrogen) atoms. The van der Waals surface area contributed by atoms with Crippen LogP contribution < -0.4 is 24.0 Å². The summed E-state index contributed by atoms with van der Waals surface area (Å²) >= 11 is 0. The molecule has 0 fully saturated rings. The Morgan fingerprint density at radius 1 is 1.30 bits per heavy atom. The Morgan fingerprint density at radius 3 is 2.20 bits per heavy atom. The van der Waals surface area contributed by atoms with E-state index in [4.69, 9.17) is 0 Å². The molecule has 0 saturated heterocycles. The minimum Gasteiger partial charge on any atom is -0.854 e. The SMILES string of the molecule is CCCCC(CC)C[O-].[Li+]. The van der Waals surface area contributed by atoms with Crippen molar-refractivity contribution in [3.05, 3.63) is 0 Å². The van der Waals surface area contributed by atoms with Crippen molar-refractivity contribution >= 4 is 0 Å². The van der Waals surface area contributed by atoms with Crippen molar-refractivity contribution in [2.45, 2.75) is 39.5 Å². The largest absolute Gasteiger partial charge is 1.00 e. The second kappa shape index (κ2) is 9.56. The van der Waals surface area contributed by atoms with E-state index in [-0.39, 0.29) is 25.5 Å². The molecule has 0 aromatic rings. The summed E-state index contributed by atoms with van der Waals surface area (Å²) in [7, 11) is 0. The van der Waals surface area contributed by atoms with Crippen LogP contribution in [-0.4, -0.2) is 6.61 Å². The van der Waals surface area contributed by atoms with Gasteiger partial charge in [0, 0.05) is 0 Å². The Morgan fingerprint density at radius 2 is 1.90 bits per heavy atom. The average Bonchev–Trinajstić information content (AvgIpc) is 1.91. The van der Waals surface area contributed by atoms with Crippen molar-refractivity contribution in [2.24, 2.45) is 5.92 Å². The fraction of sp³-hybridized carbons (Fsp3) is 1.00. The van der Waals surface area contributed by atoms with Gasteiger partial charge in [-0.3, -0.25) is 0 Å². The minimum absolute atomic E-state index is 0. The maximum absolute atomic E-state index is 10.4. The van der Waals surface area contributed by atoms with Crippen molar-refractivity contribution in [3.63, 3.8) is 0 Å². The first-order valence-corrected chi connectivity index (χ1v) is 3.93. The van der Waals surface area contributed by atoms with Gasteiger partial charge in [0.2, 0.25) is 0 Å². The molecule has 0 aromatic carbocycles. The Labute approximate surface area is 76.4 Å². The fourth-order valence-electron chi connectivity index (χ4n) is 0.898. The quantitative estimate of drug-likeness (QED) is 0.425. The molecule has 0 saturated carbocycles. The van der Waals surface area contributed by atoms with Crippen LogP contribution in [0.25, 0.3) is 0 Å². The molecule has 0 radical (unpaired) electrons. The fourth-order valence-corrected chi connectivity index (χ4v) is 0.898. The van der Waals surface area contributed by atoms with Crippen LogP contribution in [-0.2, 0) is 0 Å². The molecule has 0 spiro atoms. The summed E-state index contributed by atoms with van der Waals surface area (Å²) in [5.41, 5.74) is 0. The zero-order chi connectivity index (χ0) is 7.11. The molecule has 1 atom stereocenters. The second-order valence-corrected chi connectivity index (χ2v) is 2.58. The molecule has 0 rings (SSSR count). The van der Waals surface area contributed by atoms with Gasteiger partial charge in [-0.1, -0.05) is 45.4 Å². The molecule has 0 heterocycles. The van der Waals surface area contributed by atoms with Crippen LogP contribution in [0.3, 0.4) is 0 Å². The van der Waals surface area contributed by atoms with E-state index in [1.807, 2.05) is 0 Å². The van der Waals surface area contributed by atoms with Crippen LogP contribution in [0, 0.1) is 5.92 Å². The molecule has 0 amide bonds. The smallest absolute Gasteiger partial charge is 0.854 e. The number of rotatable bonds is 5. The van der Waals surface area contributed by atoms with Crippen molar-refractivity contribution in [2.75, 3.05) is 6.61 Å². The van der Waals surface area contributed by atoms with E-state index in [0.29, 0.717) is 5.92 Å². The Bertz CT molecular complexity index is 53.2. The van der Waals surface area contributed by atoms with Gasteiger partial charge in [0.1, 0.15) is 0 Å². The first-order valence-electron chi connectivity index (χ1n) is 3.93. The Kier molecular flexibility index (Phi) is 12.6. The third-order valence-electron chi connectivity index (χ3n) is 1.78.